The van der Waals surface area contributed by atoms with Crippen molar-refractivity contribution in [2.75, 3.05) is 50.8 Å². The zero-order valence-electron chi connectivity index (χ0n) is 13.5. The maximum atomic E-state index is 12.5. The van der Waals surface area contributed by atoms with Crippen LogP contribution in [0.5, 0.6) is 0 Å². The number of anilines is 1. The number of amides is 1. The SMILES string of the molecule is O=C(C1CNCCO1)N1CCN(c2ncnc3ccccc23)CC1. The highest BCUT2D eigenvalue weighted by atomic mass is 16.5. The van der Waals surface area contributed by atoms with Crippen molar-refractivity contribution < 1.29 is 9.53 Å². The fourth-order valence-corrected chi connectivity index (χ4v) is 3.31. The number of ether oxygens (including phenoxy) is 1. The number of hydrogen-bond donors (Lipinski definition) is 1. The average Bonchev–Trinajstić information content (AvgIpc) is 2.68. The number of nitrogens with one attached hydrogen (secondary N) is 1. The minimum atomic E-state index is -0.342. The number of morpholine rings is 1. The molecule has 1 unspecified atom stereocenters. The molecule has 0 saturated carbocycles. The first-order valence-corrected chi connectivity index (χ1v) is 8.39. The Morgan fingerprint density at radius 1 is 1.17 bits per heavy atom. The Kier molecular flexibility index (Phi) is 4.27. The number of nitrogens with zero attached hydrogens (tertiary/aromatic N) is 4. The van der Waals surface area contributed by atoms with E-state index in [2.05, 4.69) is 20.2 Å². The lowest BCUT2D eigenvalue weighted by Gasteiger charge is -2.37. The van der Waals surface area contributed by atoms with E-state index in [4.69, 9.17) is 4.74 Å². The zero-order valence-corrected chi connectivity index (χ0v) is 13.5. The van der Waals surface area contributed by atoms with Crippen LogP contribution < -0.4 is 10.2 Å². The molecule has 4 rings (SSSR count). The molecule has 1 amide bonds. The van der Waals surface area contributed by atoms with Crippen molar-refractivity contribution >= 4 is 22.6 Å². The molecule has 1 N–H and O–H groups in total. The van der Waals surface area contributed by atoms with Crippen molar-refractivity contribution in [3.8, 4) is 0 Å². The smallest absolute Gasteiger partial charge is 0.253 e. The summed E-state index contributed by atoms with van der Waals surface area (Å²) in [6.07, 6.45) is 1.27. The van der Waals surface area contributed by atoms with Gasteiger partial charge in [-0.25, -0.2) is 9.97 Å². The number of benzene rings is 1. The summed E-state index contributed by atoms with van der Waals surface area (Å²) in [5.74, 6) is 1.04. The molecule has 3 heterocycles. The Morgan fingerprint density at radius 3 is 2.79 bits per heavy atom. The van der Waals surface area contributed by atoms with Crippen molar-refractivity contribution in [2.45, 2.75) is 6.10 Å². The Labute approximate surface area is 140 Å². The van der Waals surface area contributed by atoms with Crippen molar-refractivity contribution in [1.82, 2.24) is 20.2 Å². The van der Waals surface area contributed by atoms with E-state index in [0.29, 0.717) is 26.2 Å². The maximum Gasteiger partial charge on any atom is 0.253 e. The first-order valence-electron chi connectivity index (χ1n) is 8.39. The molecule has 2 fully saturated rings. The van der Waals surface area contributed by atoms with Crippen molar-refractivity contribution in [3.63, 3.8) is 0 Å². The number of para-hydroxylation sites is 1. The Hall–Kier alpha value is -2.25. The molecular weight excluding hydrogens is 306 g/mol. The van der Waals surface area contributed by atoms with Gasteiger partial charge in [-0.15, -0.1) is 0 Å². The largest absolute Gasteiger partial charge is 0.366 e. The molecule has 2 aliphatic heterocycles. The van der Waals surface area contributed by atoms with E-state index in [1.165, 1.54) is 0 Å². The van der Waals surface area contributed by atoms with Gasteiger partial charge in [0.25, 0.3) is 5.91 Å². The van der Waals surface area contributed by atoms with Crippen molar-refractivity contribution in [3.05, 3.63) is 30.6 Å². The lowest BCUT2D eigenvalue weighted by molar-refractivity contribution is -0.145. The van der Waals surface area contributed by atoms with E-state index < -0.39 is 0 Å². The van der Waals surface area contributed by atoms with Gasteiger partial charge in [0, 0.05) is 44.7 Å². The van der Waals surface area contributed by atoms with Gasteiger partial charge in [0.15, 0.2) is 0 Å². The Bertz CT molecular complexity index is 718. The standard InChI is InChI=1S/C17H21N5O2/c23-17(15-11-18-5-10-24-15)22-8-6-21(7-9-22)16-13-3-1-2-4-14(13)19-12-20-16/h1-4,12,15,18H,5-11H2. The predicted octanol–water partition coefficient (Wildman–Crippen LogP) is 0.267. The first kappa shape index (κ1) is 15.3. The van der Waals surface area contributed by atoms with E-state index >= 15 is 0 Å². The minimum Gasteiger partial charge on any atom is -0.366 e. The molecule has 2 saturated heterocycles. The van der Waals surface area contributed by atoms with Gasteiger partial charge >= 0.3 is 0 Å². The molecule has 1 atom stereocenters. The molecule has 7 nitrogen and oxygen atoms in total. The van der Waals surface area contributed by atoms with Gasteiger partial charge in [-0.05, 0) is 12.1 Å². The number of aromatic nitrogens is 2. The minimum absolute atomic E-state index is 0.0920. The van der Waals surface area contributed by atoms with Crippen LogP contribution in [0.4, 0.5) is 5.82 Å². The fourth-order valence-electron chi connectivity index (χ4n) is 3.31. The highest BCUT2D eigenvalue weighted by molar-refractivity contribution is 5.89. The molecule has 2 aliphatic rings. The third kappa shape index (κ3) is 2.92. The summed E-state index contributed by atoms with van der Waals surface area (Å²) < 4.78 is 5.57. The third-order valence-electron chi connectivity index (χ3n) is 4.62. The maximum absolute atomic E-state index is 12.5. The van der Waals surface area contributed by atoms with Gasteiger partial charge < -0.3 is 19.9 Å². The average molecular weight is 327 g/mol. The van der Waals surface area contributed by atoms with Gasteiger partial charge in [-0.2, -0.15) is 0 Å². The Balaban J connectivity index is 1.45. The molecule has 0 spiro atoms. The third-order valence-corrected chi connectivity index (χ3v) is 4.62. The lowest BCUT2D eigenvalue weighted by atomic mass is 10.2. The van der Waals surface area contributed by atoms with Crippen LogP contribution in [0.2, 0.25) is 0 Å². The molecule has 7 heteroatoms. The summed E-state index contributed by atoms with van der Waals surface area (Å²) in [6.45, 7) is 4.95. The van der Waals surface area contributed by atoms with Gasteiger partial charge in [-0.1, -0.05) is 12.1 Å². The van der Waals surface area contributed by atoms with Crippen LogP contribution in [0.3, 0.4) is 0 Å². The van der Waals surface area contributed by atoms with E-state index in [1.54, 1.807) is 6.33 Å². The van der Waals surface area contributed by atoms with Crippen LogP contribution >= 0.6 is 0 Å². The summed E-state index contributed by atoms with van der Waals surface area (Å²) in [4.78, 5) is 25.4. The summed E-state index contributed by atoms with van der Waals surface area (Å²) in [5.41, 5.74) is 0.947. The topological polar surface area (TPSA) is 70.6 Å². The van der Waals surface area contributed by atoms with Crippen LogP contribution in [-0.2, 0) is 9.53 Å². The summed E-state index contributed by atoms with van der Waals surface area (Å²) in [5, 5.41) is 4.26. The lowest BCUT2D eigenvalue weighted by Crippen LogP contribution is -2.55. The van der Waals surface area contributed by atoms with Crippen LogP contribution in [0, 0.1) is 0 Å². The molecule has 2 aromatic rings. The van der Waals surface area contributed by atoms with Gasteiger partial charge in [0.2, 0.25) is 0 Å². The summed E-state index contributed by atoms with van der Waals surface area (Å²) in [6, 6.07) is 8.02. The second-order valence-corrected chi connectivity index (χ2v) is 6.09. The molecule has 0 aliphatic carbocycles. The van der Waals surface area contributed by atoms with Crippen LogP contribution in [0.1, 0.15) is 0 Å². The molecule has 24 heavy (non-hydrogen) atoms. The van der Waals surface area contributed by atoms with Crippen LogP contribution in [-0.4, -0.2) is 72.8 Å². The summed E-state index contributed by atoms with van der Waals surface area (Å²) >= 11 is 0. The number of piperazine rings is 1. The number of carbonyl (C=O) groups excluding carboxylic acids is 1. The van der Waals surface area contributed by atoms with Crippen LogP contribution in [0.15, 0.2) is 30.6 Å². The number of carbonyl (C=O) groups is 1. The van der Waals surface area contributed by atoms with Gasteiger partial charge in [0.1, 0.15) is 18.2 Å². The number of fused-ring (bicyclic) bond motifs is 1. The number of rotatable bonds is 2. The monoisotopic (exact) mass is 327 g/mol. The highest BCUT2D eigenvalue weighted by Gasteiger charge is 2.29. The molecule has 126 valence electrons. The van der Waals surface area contributed by atoms with Gasteiger partial charge in [-0.3, -0.25) is 4.79 Å². The van der Waals surface area contributed by atoms with Gasteiger partial charge in [0.05, 0.1) is 12.1 Å². The normalized spacial score (nSPS) is 21.9. The summed E-state index contributed by atoms with van der Waals surface area (Å²) in [7, 11) is 0. The molecule has 1 aromatic heterocycles. The number of hydrogen-bond acceptors (Lipinski definition) is 6. The van der Waals surface area contributed by atoms with E-state index in [0.717, 1.165) is 36.4 Å². The van der Waals surface area contributed by atoms with Crippen molar-refractivity contribution in [1.29, 1.82) is 0 Å². The van der Waals surface area contributed by atoms with Crippen molar-refractivity contribution in [2.24, 2.45) is 0 Å². The molecule has 1 aromatic carbocycles. The fraction of sp³-hybridized carbons (Fsp3) is 0.471. The van der Waals surface area contributed by atoms with E-state index in [-0.39, 0.29) is 12.0 Å². The first-order chi connectivity index (χ1) is 11.8. The molecule has 0 radical (unpaired) electrons. The molecule has 0 bridgehead atoms. The molecular formula is C17H21N5O2. The zero-order chi connectivity index (χ0) is 16.4. The van der Waals surface area contributed by atoms with E-state index in [1.807, 2.05) is 29.2 Å². The van der Waals surface area contributed by atoms with E-state index in [9.17, 15) is 4.79 Å². The predicted molar refractivity (Wildman–Crippen MR) is 90.9 cm³/mol. The quantitative estimate of drug-likeness (QED) is 0.854. The Morgan fingerprint density at radius 2 is 2.00 bits per heavy atom. The second kappa shape index (κ2) is 6.70. The highest BCUT2D eigenvalue weighted by Crippen LogP contribution is 2.23. The second-order valence-electron chi connectivity index (χ2n) is 6.09. The van der Waals surface area contributed by atoms with Crippen LogP contribution in [0.25, 0.3) is 10.9 Å².